The molecule has 2 aromatic rings. The summed E-state index contributed by atoms with van der Waals surface area (Å²) >= 11 is 5.48. The number of nitrogens with zero attached hydrogens (tertiary/aromatic N) is 5. The SMILES string of the molecule is CN1CCN(c2ccc(C(=S)N/N=C3/CCCc4cccnc43)nc2)CC1.O=C(O)C(=O)O. The highest BCUT2D eigenvalue weighted by molar-refractivity contribution is 7.80. The standard InChI is InChI=1S/C20H24N6S.C2H2O4/c1-25-10-12-26(13-11-25)16-7-8-18(22-14-16)20(27)24-23-17-6-2-4-15-5-3-9-21-19(15)17;3-1(4)2(5)6/h3,5,7-9,14H,2,4,6,10-13H2,1H3,(H,24,27);(H,3,4)(H,5,6)/b23-17-;. The Hall–Kier alpha value is -3.44. The van der Waals surface area contributed by atoms with Gasteiger partial charge in [0.1, 0.15) is 4.99 Å². The van der Waals surface area contributed by atoms with Gasteiger partial charge in [-0.1, -0.05) is 18.3 Å². The van der Waals surface area contributed by atoms with Gasteiger partial charge in [0, 0.05) is 32.4 Å². The predicted octanol–water partition coefficient (Wildman–Crippen LogP) is 1.39. The number of fused-ring (bicyclic) bond motifs is 1. The van der Waals surface area contributed by atoms with Crippen molar-refractivity contribution in [1.29, 1.82) is 0 Å². The van der Waals surface area contributed by atoms with E-state index < -0.39 is 11.9 Å². The summed E-state index contributed by atoms with van der Waals surface area (Å²) in [6, 6.07) is 8.15. The number of pyridine rings is 2. The molecule has 11 heteroatoms. The summed E-state index contributed by atoms with van der Waals surface area (Å²) < 4.78 is 0. The Morgan fingerprint density at radius 3 is 2.42 bits per heavy atom. The number of hydrogen-bond acceptors (Lipinski definition) is 8. The molecule has 0 unspecified atom stereocenters. The molecule has 1 fully saturated rings. The number of hydrogen-bond donors (Lipinski definition) is 3. The summed E-state index contributed by atoms with van der Waals surface area (Å²) in [4.78, 5) is 32.5. The average Bonchev–Trinajstić information content (AvgIpc) is 2.83. The van der Waals surface area contributed by atoms with Gasteiger partial charge >= 0.3 is 11.9 Å². The number of piperazine rings is 1. The van der Waals surface area contributed by atoms with Crippen LogP contribution in [-0.4, -0.2) is 80.9 Å². The van der Waals surface area contributed by atoms with E-state index in [1.807, 2.05) is 24.5 Å². The maximum absolute atomic E-state index is 9.10. The van der Waals surface area contributed by atoms with Crippen LogP contribution >= 0.6 is 12.2 Å². The molecule has 2 aliphatic rings. The molecule has 0 radical (unpaired) electrons. The van der Waals surface area contributed by atoms with Crippen LogP contribution < -0.4 is 10.3 Å². The Bertz CT molecular complexity index is 1020. The van der Waals surface area contributed by atoms with Crippen molar-refractivity contribution in [3.63, 3.8) is 0 Å². The smallest absolute Gasteiger partial charge is 0.414 e. The summed E-state index contributed by atoms with van der Waals surface area (Å²) in [5.74, 6) is -3.65. The van der Waals surface area contributed by atoms with Crippen LogP contribution in [0.5, 0.6) is 0 Å². The molecule has 0 atom stereocenters. The van der Waals surface area contributed by atoms with Crippen molar-refractivity contribution < 1.29 is 19.8 Å². The quantitative estimate of drug-likeness (QED) is 0.343. The van der Waals surface area contributed by atoms with Crippen molar-refractivity contribution in [2.75, 3.05) is 38.1 Å². The molecule has 0 saturated carbocycles. The van der Waals surface area contributed by atoms with E-state index in [1.54, 1.807) is 0 Å². The number of likely N-dealkylation sites (N-methyl/N-ethyl adjacent to an activating group) is 1. The van der Waals surface area contributed by atoms with E-state index in [0.717, 1.165) is 68.2 Å². The zero-order valence-electron chi connectivity index (χ0n) is 18.3. The molecule has 2 aromatic heterocycles. The van der Waals surface area contributed by atoms with Crippen molar-refractivity contribution in [2.45, 2.75) is 19.3 Å². The van der Waals surface area contributed by atoms with Gasteiger partial charge in [0.2, 0.25) is 0 Å². The molecule has 3 N–H and O–H groups in total. The molecular formula is C22H26N6O4S. The first-order valence-corrected chi connectivity index (χ1v) is 10.9. The number of aryl methyl sites for hydroxylation is 1. The van der Waals surface area contributed by atoms with Crippen molar-refractivity contribution >= 4 is 40.5 Å². The third kappa shape index (κ3) is 6.77. The summed E-state index contributed by atoms with van der Waals surface area (Å²) in [6.45, 7) is 4.21. The molecule has 0 amide bonds. The lowest BCUT2D eigenvalue weighted by Gasteiger charge is -2.33. The van der Waals surface area contributed by atoms with E-state index in [9.17, 15) is 0 Å². The van der Waals surface area contributed by atoms with Crippen LogP contribution in [0.1, 0.15) is 29.8 Å². The first kappa shape index (κ1) is 24.2. The summed E-state index contributed by atoms with van der Waals surface area (Å²) in [5.41, 5.74) is 8.10. The maximum atomic E-state index is 9.10. The van der Waals surface area contributed by atoms with Crippen LogP contribution in [0.15, 0.2) is 41.8 Å². The van der Waals surface area contributed by atoms with Crippen molar-refractivity contribution in [1.82, 2.24) is 20.3 Å². The highest BCUT2D eigenvalue weighted by atomic mass is 32.1. The molecule has 4 rings (SSSR count). The van der Waals surface area contributed by atoms with Gasteiger partial charge in [0.25, 0.3) is 0 Å². The van der Waals surface area contributed by atoms with Gasteiger partial charge in [-0.2, -0.15) is 5.10 Å². The van der Waals surface area contributed by atoms with Gasteiger partial charge < -0.3 is 20.0 Å². The number of thiocarbonyl (C=S) groups is 1. The van der Waals surface area contributed by atoms with Gasteiger partial charge in [-0.25, -0.2) is 9.59 Å². The topological polar surface area (TPSA) is 131 Å². The van der Waals surface area contributed by atoms with E-state index in [4.69, 9.17) is 32.0 Å². The number of carbonyl (C=O) groups is 2. The lowest BCUT2D eigenvalue weighted by molar-refractivity contribution is -0.159. The number of carboxylic acid groups (broad SMARTS) is 2. The van der Waals surface area contributed by atoms with Crippen LogP contribution in [0.2, 0.25) is 0 Å². The first-order chi connectivity index (χ1) is 15.8. The number of rotatable bonds is 3. The molecule has 1 aliphatic heterocycles. The van der Waals surface area contributed by atoms with E-state index >= 15 is 0 Å². The van der Waals surface area contributed by atoms with Crippen molar-refractivity contribution in [2.24, 2.45) is 5.10 Å². The predicted molar refractivity (Wildman–Crippen MR) is 128 cm³/mol. The fourth-order valence-corrected chi connectivity index (χ4v) is 3.69. The Balaban J connectivity index is 0.000000454. The normalized spacial score (nSPS) is 16.9. The van der Waals surface area contributed by atoms with Crippen LogP contribution in [0.3, 0.4) is 0 Å². The third-order valence-corrected chi connectivity index (χ3v) is 5.65. The Kier molecular flexibility index (Phi) is 8.39. The van der Waals surface area contributed by atoms with Gasteiger partial charge in [-0.15, -0.1) is 0 Å². The van der Waals surface area contributed by atoms with Gasteiger partial charge in [-0.3, -0.25) is 15.4 Å². The van der Waals surface area contributed by atoms with Crippen LogP contribution in [0, 0.1) is 0 Å². The number of anilines is 1. The Morgan fingerprint density at radius 1 is 1.06 bits per heavy atom. The minimum Gasteiger partial charge on any atom is -0.473 e. The van der Waals surface area contributed by atoms with Gasteiger partial charge in [0.15, 0.2) is 0 Å². The number of carboxylic acids is 2. The molecule has 10 nitrogen and oxygen atoms in total. The molecule has 0 spiro atoms. The average molecular weight is 471 g/mol. The monoisotopic (exact) mass is 470 g/mol. The number of nitrogens with one attached hydrogen (secondary N) is 1. The van der Waals surface area contributed by atoms with Crippen LogP contribution in [-0.2, 0) is 16.0 Å². The fraction of sp³-hybridized carbons (Fsp3) is 0.364. The van der Waals surface area contributed by atoms with Crippen LogP contribution in [0.4, 0.5) is 5.69 Å². The highest BCUT2D eigenvalue weighted by Gasteiger charge is 2.17. The van der Waals surface area contributed by atoms with Crippen molar-refractivity contribution in [3.8, 4) is 0 Å². The molecule has 1 saturated heterocycles. The van der Waals surface area contributed by atoms with E-state index in [2.05, 4.69) is 49.5 Å². The molecule has 3 heterocycles. The zero-order valence-corrected chi connectivity index (χ0v) is 19.1. The maximum Gasteiger partial charge on any atom is 0.414 e. The van der Waals surface area contributed by atoms with Crippen molar-refractivity contribution in [3.05, 3.63) is 53.6 Å². The molecule has 0 aromatic carbocycles. The highest BCUT2D eigenvalue weighted by Crippen LogP contribution is 2.19. The molecule has 174 valence electrons. The number of hydrazone groups is 1. The minimum atomic E-state index is -1.82. The fourth-order valence-electron chi connectivity index (χ4n) is 3.52. The summed E-state index contributed by atoms with van der Waals surface area (Å²) in [5, 5.41) is 19.3. The Morgan fingerprint density at radius 2 is 1.79 bits per heavy atom. The van der Waals surface area contributed by atoms with Gasteiger partial charge in [-0.05, 0) is 50.1 Å². The molecule has 0 bridgehead atoms. The van der Waals surface area contributed by atoms with E-state index in [1.165, 1.54) is 5.56 Å². The summed E-state index contributed by atoms with van der Waals surface area (Å²) in [6.07, 6.45) is 6.77. The second-order valence-electron chi connectivity index (χ2n) is 7.67. The van der Waals surface area contributed by atoms with Gasteiger partial charge in [0.05, 0.1) is 29.0 Å². The summed E-state index contributed by atoms with van der Waals surface area (Å²) in [7, 11) is 2.16. The number of aliphatic carboxylic acids is 2. The molecule has 33 heavy (non-hydrogen) atoms. The zero-order chi connectivity index (χ0) is 23.8. The molecular weight excluding hydrogens is 444 g/mol. The Labute approximate surface area is 197 Å². The lowest BCUT2D eigenvalue weighted by atomic mass is 9.95. The second-order valence-corrected chi connectivity index (χ2v) is 8.07. The largest absolute Gasteiger partial charge is 0.473 e. The van der Waals surface area contributed by atoms with E-state index in [-0.39, 0.29) is 0 Å². The van der Waals surface area contributed by atoms with E-state index in [0.29, 0.717) is 4.99 Å². The first-order valence-electron chi connectivity index (χ1n) is 10.5. The third-order valence-electron chi connectivity index (χ3n) is 5.35. The lowest BCUT2D eigenvalue weighted by Crippen LogP contribution is -2.44. The second kappa shape index (κ2) is 11.4. The minimum absolute atomic E-state index is 0.537. The van der Waals surface area contributed by atoms with Crippen LogP contribution in [0.25, 0.3) is 0 Å². The number of aromatic nitrogens is 2. The molecule has 1 aliphatic carbocycles.